The Bertz CT molecular complexity index is 788. The van der Waals surface area contributed by atoms with E-state index in [-0.39, 0.29) is 11.5 Å². The number of rotatable bonds is 5. The van der Waals surface area contributed by atoms with Crippen LogP contribution in [0.3, 0.4) is 0 Å². The molecule has 1 heterocycles. The maximum atomic E-state index is 11.6. The molecule has 1 aromatic carbocycles. The van der Waals surface area contributed by atoms with Crippen LogP contribution in [0.2, 0.25) is 0 Å². The van der Waals surface area contributed by atoms with Gasteiger partial charge in [-0.3, -0.25) is 9.78 Å². The van der Waals surface area contributed by atoms with E-state index in [4.69, 9.17) is 4.74 Å². The van der Waals surface area contributed by atoms with Crippen molar-refractivity contribution in [1.29, 1.82) is 0 Å². The first-order valence-electron chi connectivity index (χ1n) is 6.84. The first-order chi connectivity index (χ1) is 10.9. The van der Waals surface area contributed by atoms with Crippen molar-refractivity contribution in [2.75, 3.05) is 12.5 Å². The maximum Gasteiger partial charge on any atom is 0.252 e. The summed E-state index contributed by atoms with van der Waals surface area (Å²) in [5, 5.41) is 4.11. The van der Waals surface area contributed by atoms with Crippen LogP contribution in [0.4, 0.5) is 5.95 Å². The zero-order valence-corrected chi connectivity index (χ0v) is 16.0. The largest absolute Gasteiger partial charge is 0.495 e. The molecular formula is C15H16Br2N4O2. The summed E-state index contributed by atoms with van der Waals surface area (Å²) in [6.45, 7) is 3.94. The van der Waals surface area contributed by atoms with Gasteiger partial charge in [-0.15, -0.1) is 0 Å². The summed E-state index contributed by atoms with van der Waals surface area (Å²) in [6, 6.07) is 5.23. The van der Waals surface area contributed by atoms with E-state index in [9.17, 15) is 4.79 Å². The van der Waals surface area contributed by atoms with Crippen LogP contribution in [0.25, 0.3) is 0 Å². The van der Waals surface area contributed by atoms with Crippen molar-refractivity contribution in [2.45, 2.75) is 19.8 Å². The third kappa shape index (κ3) is 4.65. The van der Waals surface area contributed by atoms with Gasteiger partial charge in [0, 0.05) is 16.1 Å². The second-order valence-corrected chi connectivity index (χ2v) is 6.82. The zero-order chi connectivity index (χ0) is 17.0. The molecule has 8 heteroatoms. The number of anilines is 1. The van der Waals surface area contributed by atoms with Crippen LogP contribution in [-0.2, 0) is 0 Å². The van der Waals surface area contributed by atoms with E-state index >= 15 is 0 Å². The highest BCUT2D eigenvalue weighted by Gasteiger charge is 2.08. The minimum absolute atomic E-state index is 0.156. The molecule has 0 bridgehead atoms. The molecule has 0 spiro atoms. The molecule has 0 amide bonds. The lowest BCUT2D eigenvalue weighted by Gasteiger charge is -2.08. The van der Waals surface area contributed by atoms with Crippen LogP contribution < -0.4 is 15.7 Å². The number of benzene rings is 1. The van der Waals surface area contributed by atoms with Crippen molar-refractivity contribution < 1.29 is 4.74 Å². The molecule has 0 radical (unpaired) electrons. The SMILES string of the molecule is COc1c(Br)cc(Br)cc1/C=N\Nc1nc(C(C)C)cc(=O)[nH]1. The number of nitrogens with one attached hydrogen (secondary N) is 2. The third-order valence-corrected chi connectivity index (χ3v) is 4.02. The predicted octanol–water partition coefficient (Wildman–Crippen LogP) is 3.87. The van der Waals surface area contributed by atoms with Crippen molar-refractivity contribution in [1.82, 2.24) is 9.97 Å². The van der Waals surface area contributed by atoms with Crippen molar-refractivity contribution in [3.05, 3.63) is 48.8 Å². The first-order valence-corrected chi connectivity index (χ1v) is 8.42. The molecule has 2 aromatic rings. The quantitative estimate of drug-likeness (QED) is 0.542. The fourth-order valence-corrected chi connectivity index (χ4v) is 3.30. The number of hydrogen-bond donors (Lipinski definition) is 2. The van der Waals surface area contributed by atoms with Crippen molar-refractivity contribution in [2.24, 2.45) is 5.10 Å². The smallest absolute Gasteiger partial charge is 0.252 e. The Morgan fingerprint density at radius 1 is 1.35 bits per heavy atom. The Labute approximate surface area is 150 Å². The van der Waals surface area contributed by atoms with Gasteiger partial charge >= 0.3 is 0 Å². The number of halogens is 2. The predicted molar refractivity (Wildman–Crippen MR) is 98.6 cm³/mol. The number of hydrazone groups is 1. The van der Waals surface area contributed by atoms with Crippen LogP contribution in [-0.4, -0.2) is 23.3 Å². The average Bonchev–Trinajstić information content (AvgIpc) is 2.46. The molecule has 0 saturated carbocycles. The molecule has 0 aliphatic heterocycles. The molecule has 0 unspecified atom stereocenters. The third-order valence-electron chi connectivity index (χ3n) is 2.97. The monoisotopic (exact) mass is 442 g/mol. The zero-order valence-electron chi connectivity index (χ0n) is 12.9. The van der Waals surface area contributed by atoms with Crippen molar-refractivity contribution >= 4 is 44.0 Å². The molecule has 0 saturated heterocycles. The van der Waals surface area contributed by atoms with Gasteiger partial charge in [0.25, 0.3) is 5.56 Å². The minimum atomic E-state index is -0.218. The number of ether oxygens (including phenoxy) is 1. The second-order valence-electron chi connectivity index (χ2n) is 5.05. The molecular weight excluding hydrogens is 428 g/mol. The summed E-state index contributed by atoms with van der Waals surface area (Å²) in [6.07, 6.45) is 1.59. The van der Waals surface area contributed by atoms with E-state index in [1.807, 2.05) is 26.0 Å². The van der Waals surface area contributed by atoms with Crippen LogP contribution in [0.1, 0.15) is 31.0 Å². The number of aromatic amines is 1. The topological polar surface area (TPSA) is 79.4 Å². The van der Waals surface area contributed by atoms with Crippen LogP contribution in [0.15, 0.2) is 37.0 Å². The lowest BCUT2D eigenvalue weighted by atomic mass is 10.1. The lowest BCUT2D eigenvalue weighted by Crippen LogP contribution is -2.12. The second kappa shape index (κ2) is 7.74. The van der Waals surface area contributed by atoms with Gasteiger partial charge in [0.2, 0.25) is 5.95 Å². The summed E-state index contributed by atoms with van der Waals surface area (Å²) in [7, 11) is 1.59. The molecule has 2 rings (SSSR count). The summed E-state index contributed by atoms with van der Waals surface area (Å²) >= 11 is 6.85. The van der Waals surface area contributed by atoms with E-state index in [1.165, 1.54) is 6.07 Å². The number of nitrogens with zero attached hydrogens (tertiary/aromatic N) is 2. The number of H-pyrrole nitrogens is 1. The summed E-state index contributed by atoms with van der Waals surface area (Å²) in [4.78, 5) is 18.5. The minimum Gasteiger partial charge on any atom is -0.495 e. The number of methoxy groups -OCH3 is 1. The van der Waals surface area contributed by atoms with E-state index < -0.39 is 0 Å². The molecule has 1 aromatic heterocycles. The summed E-state index contributed by atoms with van der Waals surface area (Å²) in [5.74, 6) is 1.12. The standard InChI is InChI=1S/C15H16Br2N4O2/c1-8(2)12-6-13(22)20-15(19-12)21-18-7-9-4-10(16)5-11(17)14(9)23-3/h4-8H,1-3H3,(H2,19,20,21,22)/b18-7-. The molecule has 122 valence electrons. The molecule has 0 atom stereocenters. The van der Waals surface area contributed by atoms with Crippen molar-refractivity contribution in [3.8, 4) is 5.75 Å². The number of hydrogen-bond acceptors (Lipinski definition) is 5. The Hall–Kier alpha value is -1.67. The highest BCUT2D eigenvalue weighted by Crippen LogP contribution is 2.31. The Balaban J connectivity index is 2.24. The molecule has 6 nitrogen and oxygen atoms in total. The Morgan fingerprint density at radius 3 is 2.74 bits per heavy atom. The van der Waals surface area contributed by atoms with E-state index in [0.717, 1.165) is 14.5 Å². The van der Waals surface area contributed by atoms with Crippen LogP contribution in [0, 0.1) is 0 Å². The highest BCUT2D eigenvalue weighted by atomic mass is 79.9. The normalized spacial score (nSPS) is 11.2. The average molecular weight is 444 g/mol. The molecule has 0 fully saturated rings. The van der Waals surface area contributed by atoms with E-state index in [1.54, 1.807) is 13.3 Å². The highest BCUT2D eigenvalue weighted by molar-refractivity contribution is 9.11. The Morgan fingerprint density at radius 2 is 2.09 bits per heavy atom. The first kappa shape index (κ1) is 17.7. The van der Waals surface area contributed by atoms with Gasteiger partial charge in [-0.1, -0.05) is 29.8 Å². The van der Waals surface area contributed by atoms with Gasteiger partial charge in [0.1, 0.15) is 5.75 Å². The molecule has 0 aliphatic rings. The summed E-state index contributed by atoms with van der Waals surface area (Å²) in [5.41, 5.74) is 3.99. The molecule has 23 heavy (non-hydrogen) atoms. The fourth-order valence-electron chi connectivity index (χ4n) is 1.88. The van der Waals surface area contributed by atoms with Gasteiger partial charge in [0.05, 0.1) is 23.5 Å². The van der Waals surface area contributed by atoms with Crippen molar-refractivity contribution in [3.63, 3.8) is 0 Å². The van der Waals surface area contributed by atoms with Gasteiger partial charge in [-0.05, 0) is 34.0 Å². The fraction of sp³-hybridized carbons (Fsp3) is 0.267. The maximum absolute atomic E-state index is 11.6. The lowest BCUT2D eigenvalue weighted by molar-refractivity contribution is 0.411. The van der Waals surface area contributed by atoms with Gasteiger partial charge in [-0.25, -0.2) is 10.4 Å². The van der Waals surface area contributed by atoms with Gasteiger partial charge < -0.3 is 4.74 Å². The Kier molecular flexibility index (Phi) is 5.95. The van der Waals surface area contributed by atoms with Crippen LogP contribution in [0.5, 0.6) is 5.75 Å². The van der Waals surface area contributed by atoms with E-state index in [2.05, 4.69) is 52.4 Å². The number of aromatic nitrogens is 2. The van der Waals surface area contributed by atoms with E-state index in [0.29, 0.717) is 17.4 Å². The molecule has 2 N–H and O–H groups in total. The molecule has 0 aliphatic carbocycles. The van der Waals surface area contributed by atoms with Crippen LogP contribution >= 0.6 is 31.9 Å². The van der Waals surface area contributed by atoms with Gasteiger partial charge in [-0.2, -0.15) is 5.10 Å². The summed E-state index contributed by atoms with van der Waals surface area (Å²) < 4.78 is 7.04. The van der Waals surface area contributed by atoms with Gasteiger partial charge in [0.15, 0.2) is 0 Å².